The lowest BCUT2D eigenvalue weighted by molar-refractivity contribution is -0.186. The fourth-order valence-electron chi connectivity index (χ4n) is 5.85. The van der Waals surface area contributed by atoms with Gasteiger partial charge in [-0.1, -0.05) is 12.1 Å². The van der Waals surface area contributed by atoms with Crippen molar-refractivity contribution >= 4 is 16.9 Å². The third-order valence-corrected chi connectivity index (χ3v) is 7.39. The van der Waals surface area contributed by atoms with Gasteiger partial charge in [0.2, 0.25) is 5.92 Å². The summed E-state index contributed by atoms with van der Waals surface area (Å²) >= 11 is 0. The van der Waals surface area contributed by atoms with Crippen LogP contribution in [0.5, 0.6) is 0 Å². The van der Waals surface area contributed by atoms with E-state index in [0.29, 0.717) is 13.0 Å². The lowest BCUT2D eigenvalue weighted by Crippen LogP contribution is -2.53. The van der Waals surface area contributed by atoms with Gasteiger partial charge in [-0.3, -0.25) is 4.90 Å². The molecule has 2 fully saturated rings. The van der Waals surface area contributed by atoms with Crippen LogP contribution in [0, 0.1) is 19.3 Å². The molecule has 168 valence electrons. The van der Waals surface area contributed by atoms with Gasteiger partial charge in [0, 0.05) is 48.7 Å². The quantitative estimate of drug-likeness (QED) is 0.553. The van der Waals surface area contributed by atoms with Crippen molar-refractivity contribution in [1.29, 1.82) is 0 Å². The summed E-state index contributed by atoms with van der Waals surface area (Å²) in [4.78, 5) is 21.0. The highest BCUT2D eigenvalue weighted by atomic mass is 19.3. The molecule has 3 aromatic rings. The highest BCUT2D eigenvalue weighted by Gasteiger charge is 2.58. The molecule has 1 unspecified atom stereocenters. The van der Waals surface area contributed by atoms with Gasteiger partial charge in [-0.25, -0.2) is 18.6 Å². The normalized spacial score (nSPS) is 22.2. The van der Waals surface area contributed by atoms with Gasteiger partial charge in [0.05, 0.1) is 0 Å². The van der Waals surface area contributed by atoms with Crippen molar-refractivity contribution in [3.8, 4) is 0 Å². The number of carboxylic acid groups (broad SMARTS) is 1. The Bertz CT molecular complexity index is 1180. The number of halogens is 2. The van der Waals surface area contributed by atoms with E-state index in [1.807, 2.05) is 6.20 Å². The van der Waals surface area contributed by atoms with Gasteiger partial charge in [-0.05, 0) is 73.0 Å². The Morgan fingerprint density at radius 3 is 2.69 bits per heavy atom. The molecule has 7 heteroatoms. The molecule has 0 radical (unpaired) electrons. The molecule has 1 aromatic carbocycles. The van der Waals surface area contributed by atoms with Crippen LogP contribution in [0.1, 0.15) is 64.5 Å². The van der Waals surface area contributed by atoms with Gasteiger partial charge in [-0.2, -0.15) is 0 Å². The van der Waals surface area contributed by atoms with Crippen molar-refractivity contribution in [3.05, 3.63) is 64.6 Å². The van der Waals surface area contributed by atoms with E-state index >= 15 is 0 Å². The monoisotopic (exact) mass is 439 g/mol. The number of aryl methyl sites for hydroxylation is 2. The molecular weight excluding hydrogens is 412 g/mol. The summed E-state index contributed by atoms with van der Waals surface area (Å²) in [5, 5.41) is 10.4. The lowest BCUT2D eigenvalue weighted by atomic mass is 9.59. The van der Waals surface area contributed by atoms with Crippen LogP contribution in [0.25, 0.3) is 10.9 Å². The first-order valence-electron chi connectivity index (χ1n) is 11.0. The minimum absolute atomic E-state index is 0.00981. The number of H-pyrrole nitrogens is 1. The summed E-state index contributed by atoms with van der Waals surface area (Å²) in [7, 11) is 0. The van der Waals surface area contributed by atoms with E-state index in [4.69, 9.17) is 0 Å². The van der Waals surface area contributed by atoms with E-state index in [-0.39, 0.29) is 30.0 Å². The van der Waals surface area contributed by atoms with Gasteiger partial charge >= 0.3 is 5.97 Å². The van der Waals surface area contributed by atoms with Crippen LogP contribution >= 0.6 is 0 Å². The fraction of sp³-hybridized carbons (Fsp3) is 0.440. The number of pyridine rings is 1. The zero-order valence-corrected chi connectivity index (χ0v) is 18.3. The third-order valence-electron chi connectivity index (χ3n) is 7.39. The molecule has 1 aliphatic carbocycles. The third kappa shape index (κ3) is 3.58. The molecule has 3 heterocycles. The van der Waals surface area contributed by atoms with Crippen LogP contribution < -0.4 is 0 Å². The first kappa shape index (κ1) is 21.1. The first-order valence-corrected chi connectivity index (χ1v) is 11.0. The number of benzene rings is 1. The highest BCUT2D eigenvalue weighted by Crippen LogP contribution is 2.60. The number of nitrogens with one attached hydrogen (secondary N) is 1. The smallest absolute Gasteiger partial charge is 0.354 e. The average Bonchev–Trinajstić information content (AvgIpc) is 3.21. The molecule has 1 saturated heterocycles. The number of hydrogen-bond acceptors (Lipinski definition) is 3. The number of hydrogen-bond donors (Lipinski definition) is 2. The summed E-state index contributed by atoms with van der Waals surface area (Å²) in [5.74, 6) is -3.64. The van der Waals surface area contributed by atoms with Gasteiger partial charge in [0.15, 0.2) is 0 Å². The molecule has 32 heavy (non-hydrogen) atoms. The molecule has 1 spiro atoms. The van der Waals surface area contributed by atoms with Crippen molar-refractivity contribution in [2.75, 3.05) is 6.54 Å². The number of aromatic amines is 1. The number of fused-ring (bicyclic) bond motifs is 1. The number of likely N-dealkylation sites (tertiary alicyclic amines) is 1. The molecule has 0 amide bonds. The highest BCUT2D eigenvalue weighted by molar-refractivity contribution is 5.87. The molecule has 0 bridgehead atoms. The molecular formula is C25H27F2N3O2. The SMILES string of the molecule is Cc1cc(C)c2[nH]ccc2c1CN1CCC2(CC1c1ccc(C(=O)O)nc1)CC(F)(F)C2. The molecule has 5 nitrogen and oxygen atoms in total. The van der Waals surface area contributed by atoms with E-state index in [9.17, 15) is 18.7 Å². The fourth-order valence-corrected chi connectivity index (χ4v) is 5.85. The lowest BCUT2D eigenvalue weighted by Gasteiger charge is -2.54. The average molecular weight is 440 g/mol. The van der Waals surface area contributed by atoms with E-state index in [0.717, 1.165) is 24.0 Å². The molecule has 1 atom stereocenters. The summed E-state index contributed by atoms with van der Waals surface area (Å²) in [5.41, 5.74) is 5.31. The summed E-state index contributed by atoms with van der Waals surface area (Å²) in [6, 6.07) is 7.50. The van der Waals surface area contributed by atoms with Crippen molar-refractivity contribution in [1.82, 2.24) is 14.9 Å². The summed E-state index contributed by atoms with van der Waals surface area (Å²) in [6.07, 6.45) is 4.82. The van der Waals surface area contributed by atoms with Crippen LogP contribution in [0.3, 0.4) is 0 Å². The van der Waals surface area contributed by atoms with Crippen molar-refractivity contribution in [2.24, 2.45) is 5.41 Å². The number of aromatic nitrogens is 2. The largest absolute Gasteiger partial charge is 0.477 e. The molecule has 5 rings (SSSR count). The van der Waals surface area contributed by atoms with Gasteiger partial charge in [0.25, 0.3) is 0 Å². The summed E-state index contributed by atoms with van der Waals surface area (Å²) in [6.45, 7) is 5.64. The van der Waals surface area contributed by atoms with Gasteiger partial charge in [-0.15, -0.1) is 0 Å². The molecule has 2 aromatic heterocycles. The zero-order chi connectivity index (χ0) is 22.7. The Morgan fingerprint density at radius 2 is 2.03 bits per heavy atom. The maximum absolute atomic E-state index is 13.8. The minimum Gasteiger partial charge on any atom is -0.477 e. The Hall–Kier alpha value is -2.80. The number of carbonyl (C=O) groups is 1. The predicted molar refractivity (Wildman–Crippen MR) is 118 cm³/mol. The zero-order valence-electron chi connectivity index (χ0n) is 18.3. The van der Waals surface area contributed by atoms with E-state index in [1.165, 1.54) is 28.1 Å². The second-order valence-electron chi connectivity index (χ2n) is 9.69. The summed E-state index contributed by atoms with van der Waals surface area (Å²) < 4.78 is 27.6. The molecule has 2 N–H and O–H groups in total. The standard InChI is InChI=1S/C25H27F2N3O2/c1-15-9-16(2)22-18(5-7-28-22)19(15)12-30-8-6-24(13-25(26,27)14-24)10-21(30)17-3-4-20(23(31)32)29-11-17/h3-5,7,9,11,21,28H,6,8,10,12-14H2,1-2H3,(H,31,32). The van der Waals surface area contributed by atoms with Crippen LogP contribution in [0.15, 0.2) is 36.7 Å². The van der Waals surface area contributed by atoms with Crippen molar-refractivity contribution in [2.45, 2.75) is 58.0 Å². The number of nitrogens with zero attached hydrogens (tertiary/aromatic N) is 2. The molecule has 2 aliphatic rings. The van der Waals surface area contributed by atoms with Crippen LogP contribution in [-0.2, 0) is 6.54 Å². The number of aromatic carboxylic acids is 1. The van der Waals surface area contributed by atoms with Gasteiger partial charge < -0.3 is 10.1 Å². The van der Waals surface area contributed by atoms with Crippen molar-refractivity contribution < 1.29 is 18.7 Å². The predicted octanol–water partition coefficient (Wildman–Crippen LogP) is 5.63. The number of alkyl halides is 2. The van der Waals surface area contributed by atoms with Crippen LogP contribution in [-0.4, -0.2) is 38.4 Å². The van der Waals surface area contributed by atoms with E-state index in [2.05, 4.69) is 40.8 Å². The number of piperidine rings is 1. The maximum atomic E-state index is 13.8. The number of carboxylic acids is 1. The van der Waals surface area contributed by atoms with Crippen molar-refractivity contribution in [3.63, 3.8) is 0 Å². The second-order valence-corrected chi connectivity index (χ2v) is 9.69. The number of rotatable bonds is 4. The Kier molecular flexibility index (Phi) is 4.85. The molecule has 1 aliphatic heterocycles. The Morgan fingerprint density at radius 1 is 1.25 bits per heavy atom. The van der Waals surface area contributed by atoms with E-state index < -0.39 is 11.9 Å². The first-order chi connectivity index (χ1) is 15.2. The maximum Gasteiger partial charge on any atom is 0.354 e. The molecule has 1 saturated carbocycles. The van der Waals surface area contributed by atoms with Crippen LogP contribution in [0.4, 0.5) is 8.78 Å². The second kappa shape index (κ2) is 7.37. The van der Waals surface area contributed by atoms with Crippen LogP contribution in [0.2, 0.25) is 0 Å². The van der Waals surface area contributed by atoms with Gasteiger partial charge in [0.1, 0.15) is 5.69 Å². The topological polar surface area (TPSA) is 69.2 Å². The minimum atomic E-state index is -2.57. The Labute approximate surface area is 185 Å². The van der Waals surface area contributed by atoms with E-state index in [1.54, 1.807) is 12.3 Å². The Balaban J connectivity index is 1.49.